The number of nitrogens with one attached hydrogen (secondary N) is 1. The maximum atomic E-state index is 12.8. The number of hydrogen-bond acceptors (Lipinski definition) is 4. The zero-order chi connectivity index (χ0) is 22.5. The summed E-state index contributed by atoms with van der Waals surface area (Å²) in [5.74, 6) is -0.388. The van der Waals surface area contributed by atoms with Gasteiger partial charge in [0.05, 0.1) is 19.2 Å². The van der Waals surface area contributed by atoms with E-state index in [-0.39, 0.29) is 24.1 Å². The van der Waals surface area contributed by atoms with Gasteiger partial charge < -0.3 is 19.9 Å². The van der Waals surface area contributed by atoms with E-state index in [1.165, 1.54) is 7.11 Å². The molecule has 7 nitrogen and oxygen atoms in total. The first-order valence-corrected chi connectivity index (χ1v) is 10.4. The second kappa shape index (κ2) is 9.71. The Morgan fingerprint density at radius 3 is 2.48 bits per heavy atom. The van der Waals surface area contributed by atoms with Crippen molar-refractivity contribution in [3.8, 4) is 0 Å². The minimum Gasteiger partial charge on any atom is -0.465 e. The molecule has 2 amide bonds. The van der Waals surface area contributed by atoms with Crippen LogP contribution < -0.4 is 10.2 Å². The average Bonchev–Trinajstić information content (AvgIpc) is 2.78. The second-order valence-electron chi connectivity index (χ2n) is 7.60. The van der Waals surface area contributed by atoms with Gasteiger partial charge in [0, 0.05) is 42.4 Å². The Balaban J connectivity index is 1.60. The Kier molecular flexibility index (Phi) is 7.03. The first kappa shape index (κ1) is 22.4. The first-order valence-electron chi connectivity index (χ1n) is 9.99. The standard InChI is InChI=1S/C23H25ClN4O3/c1-15-14-28(16(2)13-27(15)19-9-10-21(25-3)20(24)11-19)23(30)26-12-17-5-7-18(8-6-17)22(29)31-4/h5-11,15-16H,12-14H2,1-2,4H3,(H,26,30)/t15-,16+/m0/s1. The molecule has 2 aromatic carbocycles. The van der Waals surface area contributed by atoms with Gasteiger partial charge in [-0.2, -0.15) is 0 Å². The molecule has 3 rings (SSSR count). The Bertz CT molecular complexity index is 1000. The normalized spacial score (nSPS) is 18.3. The Morgan fingerprint density at radius 2 is 1.87 bits per heavy atom. The number of methoxy groups -OCH3 is 1. The van der Waals surface area contributed by atoms with Crippen molar-refractivity contribution in [2.45, 2.75) is 32.5 Å². The molecular formula is C23H25ClN4O3. The van der Waals surface area contributed by atoms with Crippen molar-refractivity contribution in [1.29, 1.82) is 0 Å². The zero-order valence-corrected chi connectivity index (χ0v) is 18.5. The van der Waals surface area contributed by atoms with E-state index in [9.17, 15) is 9.59 Å². The molecule has 0 aromatic heterocycles. The van der Waals surface area contributed by atoms with Crippen LogP contribution in [0, 0.1) is 6.57 Å². The van der Waals surface area contributed by atoms with Crippen LogP contribution in [-0.4, -0.2) is 49.2 Å². The Labute approximate surface area is 187 Å². The van der Waals surface area contributed by atoms with Crippen LogP contribution in [0.4, 0.5) is 16.2 Å². The molecule has 1 N–H and O–H groups in total. The molecule has 0 aliphatic carbocycles. The molecule has 2 atom stereocenters. The van der Waals surface area contributed by atoms with Crippen LogP contribution in [0.15, 0.2) is 42.5 Å². The molecule has 2 aromatic rings. The van der Waals surface area contributed by atoms with E-state index in [0.29, 0.717) is 35.9 Å². The number of benzene rings is 2. The summed E-state index contributed by atoms with van der Waals surface area (Å²) < 4.78 is 4.69. The number of carbonyl (C=O) groups is 2. The van der Waals surface area contributed by atoms with Crippen LogP contribution in [0.2, 0.25) is 5.02 Å². The Hall–Kier alpha value is -3.24. The van der Waals surface area contributed by atoms with Gasteiger partial charge in [-0.15, -0.1) is 0 Å². The minimum absolute atomic E-state index is 0.00258. The average molecular weight is 441 g/mol. The van der Waals surface area contributed by atoms with Crippen LogP contribution in [0.1, 0.15) is 29.8 Å². The van der Waals surface area contributed by atoms with E-state index < -0.39 is 0 Å². The lowest BCUT2D eigenvalue weighted by atomic mass is 10.1. The number of nitrogens with zero attached hydrogens (tertiary/aromatic N) is 3. The summed E-state index contributed by atoms with van der Waals surface area (Å²) in [5.41, 5.74) is 2.75. The van der Waals surface area contributed by atoms with Gasteiger partial charge in [0.1, 0.15) is 0 Å². The van der Waals surface area contributed by atoms with Crippen molar-refractivity contribution in [2.24, 2.45) is 0 Å². The molecule has 31 heavy (non-hydrogen) atoms. The number of anilines is 1. The molecule has 1 aliphatic rings. The fourth-order valence-corrected chi connectivity index (χ4v) is 3.91. The number of halogens is 1. The number of amides is 2. The third kappa shape index (κ3) is 5.09. The van der Waals surface area contributed by atoms with Gasteiger partial charge in [-0.05, 0) is 43.7 Å². The number of hydrogen-bond donors (Lipinski definition) is 1. The lowest BCUT2D eigenvalue weighted by molar-refractivity contribution is 0.0600. The summed E-state index contributed by atoms with van der Waals surface area (Å²) in [7, 11) is 1.34. The van der Waals surface area contributed by atoms with Gasteiger partial charge in [-0.25, -0.2) is 14.4 Å². The summed E-state index contributed by atoms with van der Waals surface area (Å²) in [6, 6.07) is 12.4. The third-order valence-corrected chi connectivity index (χ3v) is 5.75. The van der Waals surface area contributed by atoms with Crippen LogP contribution in [-0.2, 0) is 11.3 Å². The van der Waals surface area contributed by atoms with E-state index in [1.54, 1.807) is 30.3 Å². The molecule has 1 aliphatic heterocycles. The highest BCUT2D eigenvalue weighted by molar-refractivity contribution is 6.33. The monoisotopic (exact) mass is 440 g/mol. The number of rotatable bonds is 4. The molecular weight excluding hydrogens is 416 g/mol. The van der Waals surface area contributed by atoms with Gasteiger partial charge in [-0.1, -0.05) is 29.8 Å². The fourth-order valence-electron chi connectivity index (χ4n) is 3.69. The molecule has 0 radical (unpaired) electrons. The first-order chi connectivity index (χ1) is 14.8. The molecule has 1 heterocycles. The van der Waals surface area contributed by atoms with Crippen molar-refractivity contribution in [1.82, 2.24) is 10.2 Å². The predicted molar refractivity (Wildman–Crippen MR) is 121 cm³/mol. The van der Waals surface area contributed by atoms with Crippen molar-refractivity contribution in [3.05, 3.63) is 70.0 Å². The lowest BCUT2D eigenvalue weighted by Gasteiger charge is -2.45. The second-order valence-corrected chi connectivity index (χ2v) is 8.00. The van der Waals surface area contributed by atoms with Crippen LogP contribution in [0.3, 0.4) is 0 Å². The summed E-state index contributed by atoms with van der Waals surface area (Å²) in [5, 5.41) is 3.39. The lowest BCUT2D eigenvalue weighted by Crippen LogP contribution is -2.60. The molecule has 8 heteroatoms. The summed E-state index contributed by atoms with van der Waals surface area (Å²) in [6.07, 6.45) is 0. The van der Waals surface area contributed by atoms with Crippen molar-refractivity contribution >= 4 is 35.0 Å². The largest absolute Gasteiger partial charge is 0.465 e. The summed E-state index contributed by atoms with van der Waals surface area (Å²) in [4.78, 5) is 31.8. The number of esters is 1. The van der Waals surface area contributed by atoms with Crippen molar-refractivity contribution in [3.63, 3.8) is 0 Å². The minimum atomic E-state index is -0.388. The maximum Gasteiger partial charge on any atom is 0.337 e. The van der Waals surface area contributed by atoms with Gasteiger partial charge in [0.25, 0.3) is 0 Å². The molecule has 0 saturated carbocycles. The molecule has 1 saturated heterocycles. The van der Waals surface area contributed by atoms with Gasteiger partial charge in [0.15, 0.2) is 0 Å². The maximum absolute atomic E-state index is 12.8. The van der Waals surface area contributed by atoms with Gasteiger partial charge in [-0.3, -0.25) is 0 Å². The quantitative estimate of drug-likeness (QED) is 0.562. The molecule has 0 spiro atoms. The Morgan fingerprint density at radius 1 is 1.16 bits per heavy atom. The number of urea groups is 1. The highest BCUT2D eigenvalue weighted by Gasteiger charge is 2.32. The molecule has 0 bridgehead atoms. The summed E-state index contributed by atoms with van der Waals surface area (Å²) in [6.45, 7) is 12.8. The third-order valence-electron chi connectivity index (χ3n) is 5.45. The molecule has 1 fully saturated rings. The number of piperazine rings is 1. The van der Waals surface area contributed by atoms with E-state index in [0.717, 1.165) is 11.3 Å². The number of carbonyl (C=O) groups excluding carboxylic acids is 2. The SMILES string of the molecule is [C-]#[N+]c1ccc(N2C[C@@H](C)N(C(=O)NCc3ccc(C(=O)OC)cc3)C[C@@H]2C)cc1Cl. The van der Waals surface area contributed by atoms with E-state index >= 15 is 0 Å². The molecule has 0 unspecified atom stereocenters. The summed E-state index contributed by atoms with van der Waals surface area (Å²) >= 11 is 6.21. The topological polar surface area (TPSA) is 66.2 Å². The fraction of sp³-hybridized carbons (Fsp3) is 0.348. The van der Waals surface area contributed by atoms with E-state index in [1.807, 2.05) is 24.0 Å². The predicted octanol–water partition coefficient (Wildman–Crippen LogP) is 4.49. The zero-order valence-electron chi connectivity index (χ0n) is 17.8. The highest BCUT2D eigenvalue weighted by Crippen LogP contribution is 2.32. The highest BCUT2D eigenvalue weighted by atomic mass is 35.5. The van der Waals surface area contributed by atoms with Crippen molar-refractivity contribution < 1.29 is 14.3 Å². The van der Waals surface area contributed by atoms with E-state index in [4.69, 9.17) is 22.9 Å². The van der Waals surface area contributed by atoms with Gasteiger partial charge in [0.2, 0.25) is 5.69 Å². The number of ether oxygens (including phenoxy) is 1. The van der Waals surface area contributed by atoms with Gasteiger partial charge >= 0.3 is 12.0 Å². The van der Waals surface area contributed by atoms with Crippen LogP contribution in [0.25, 0.3) is 4.85 Å². The molecule has 162 valence electrons. The van der Waals surface area contributed by atoms with Crippen LogP contribution >= 0.6 is 11.6 Å². The smallest absolute Gasteiger partial charge is 0.337 e. The van der Waals surface area contributed by atoms with Crippen molar-refractivity contribution in [2.75, 3.05) is 25.1 Å². The van der Waals surface area contributed by atoms with E-state index in [2.05, 4.69) is 22.0 Å². The van der Waals surface area contributed by atoms with Crippen LogP contribution in [0.5, 0.6) is 0 Å².